The van der Waals surface area contributed by atoms with E-state index in [2.05, 4.69) is 5.10 Å². The van der Waals surface area contributed by atoms with Gasteiger partial charge < -0.3 is 9.84 Å². The van der Waals surface area contributed by atoms with Gasteiger partial charge in [-0.1, -0.05) is 6.07 Å². The average Bonchev–Trinajstić information content (AvgIpc) is 2.71. The number of carboxylic acid groups (broad SMARTS) is 1. The van der Waals surface area contributed by atoms with Crippen molar-refractivity contribution in [3.05, 3.63) is 41.7 Å². The van der Waals surface area contributed by atoms with Gasteiger partial charge >= 0.3 is 5.97 Å². The number of nitrogens with zero attached hydrogens (tertiary/aromatic N) is 2. The smallest absolute Gasteiger partial charge is 0.339 e. The molecule has 0 aliphatic carbocycles. The van der Waals surface area contributed by atoms with Gasteiger partial charge in [-0.3, -0.25) is 0 Å². The molecule has 2 rings (SSSR count). The molecule has 0 atom stereocenters. The van der Waals surface area contributed by atoms with E-state index in [0.717, 1.165) is 5.69 Å². The summed E-state index contributed by atoms with van der Waals surface area (Å²) in [6.07, 6.45) is 1.34. The van der Waals surface area contributed by atoms with E-state index < -0.39 is 5.97 Å². The van der Waals surface area contributed by atoms with Crippen LogP contribution < -0.4 is 4.74 Å². The maximum absolute atomic E-state index is 10.9. The number of methoxy groups -OCH3 is 1. The molecule has 0 amide bonds. The number of rotatable bonds is 3. The predicted octanol–water partition coefficient (Wildman–Crippen LogP) is 1.89. The first kappa shape index (κ1) is 11.2. The topological polar surface area (TPSA) is 64.4 Å². The van der Waals surface area contributed by atoms with Crippen molar-refractivity contribution in [2.75, 3.05) is 7.11 Å². The molecule has 1 heterocycles. The Bertz CT molecular complexity index is 561. The fourth-order valence-electron chi connectivity index (χ4n) is 1.62. The third-order valence-electron chi connectivity index (χ3n) is 2.54. The lowest BCUT2D eigenvalue weighted by molar-refractivity contribution is 0.0696. The molecule has 1 aromatic heterocycles. The molecular weight excluding hydrogens is 220 g/mol. The number of aromatic carboxylic acids is 1. The molecule has 88 valence electrons. The van der Waals surface area contributed by atoms with E-state index in [1.807, 2.05) is 18.2 Å². The predicted molar refractivity (Wildman–Crippen MR) is 61.8 cm³/mol. The van der Waals surface area contributed by atoms with Crippen molar-refractivity contribution in [2.24, 2.45) is 0 Å². The Kier molecular flexibility index (Phi) is 2.82. The zero-order valence-electron chi connectivity index (χ0n) is 9.54. The normalized spacial score (nSPS) is 10.2. The highest BCUT2D eigenvalue weighted by atomic mass is 16.5. The van der Waals surface area contributed by atoms with Crippen LogP contribution in [-0.2, 0) is 0 Å². The first-order valence-electron chi connectivity index (χ1n) is 5.06. The van der Waals surface area contributed by atoms with Gasteiger partial charge in [0.15, 0.2) is 0 Å². The van der Waals surface area contributed by atoms with E-state index in [1.165, 1.54) is 6.20 Å². The van der Waals surface area contributed by atoms with E-state index in [4.69, 9.17) is 9.84 Å². The Labute approximate surface area is 98.3 Å². The number of carboxylic acids is 1. The van der Waals surface area contributed by atoms with Crippen molar-refractivity contribution in [1.82, 2.24) is 9.78 Å². The lowest BCUT2D eigenvalue weighted by atomic mass is 10.2. The molecule has 0 radical (unpaired) electrons. The molecular formula is C12H12N2O3. The van der Waals surface area contributed by atoms with Gasteiger partial charge in [-0.25, -0.2) is 9.48 Å². The van der Waals surface area contributed by atoms with Gasteiger partial charge in [-0.2, -0.15) is 5.10 Å². The van der Waals surface area contributed by atoms with Crippen LogP contribution in [0.5, 0.6) is 5.75 Å². The SMILES string of the molecule is COc1cccc(-n2ncc(C(=O)O)c2C)c1. The fourth-order valence-corrected chi connectivity index (χ4v) is 1.62. The first-order valence-corrected chi connectivity index (χ1v) is 5.06. The van der Waals surface area contributed by atoms with Crippen LogP contribution in [0.25, 0.3) is 5.69 Å². The minimum absolute atomic E-state index is 0.202. The highest BCUT2D eigenvalue weighted by molar-refractivity contribution is 5.88. The number of hydrogen-bond donors (Lipinski definition) is 1. The second-order valence-electron chi connectivity index (χ2n) is 3.56. The van der Waals surface area contributed by atoms with Crippen molar-refractivity contribution in [2.45, 2.75) is 6.92 Å². The maximum Gasteiger partial charge on any atom is 0.339 e. The Morgan fingerprint density at radius 1 is 1.47 bits per heavy atom. The number of aromatic nitrogens is 2. The van der Waals surface area contributed by atoms with Gasteiger partial charge in [0.1, 0.15) is 11.3 Å². The standard InChI is InChI=1S/C12H12N2O3/c1-8-11(12(15)16)7-13-14(8)9-4-3-5-10(6-9)17-2/h3-7H,1-2H3,(H,15,16). The molecule has 0 unspecified atom stereocenters. The molecule has 2 aromatic rings. The summed E-state index contributed by atoms with van der Waals surface area (Å²) in [5, 5.41) is 13.0. The van der Waals surface area contributed by atoms with Gasteiger partial charge in [0.2, 0.25) is 0 Å². The van der Waals surface area contributed by atoms with Crippen LogP contribution in [0.2, 0.25) is 0 Å². The zero-order chi connectivity index (χ0) is 12.4. The van der Waals surface area contributed by atoms with E-state index in [0.29, 0.717) is 11.4 Å². The van der Waals surface area contributed by atoms with Crippen LogP contribution in [-0.4, -0.2) is 28.0 Å². The number of carbonyl (C=O) groups is 1. The molecule has 5 heteroatoms. The van der Waals surface area contributed by atoms with Crippen molar-refractivity contribution < 1.29 is 14.6 Å². The summed E-state index contributed by atoms with van der Waals surface area (Å²) in [6.45, 7) is 1.72. The minimum atomic E-state index is -0.975. The molecule has 0 aliphatic rings. The third-order valence-corrected chi connectivity index (χ3v) is 2.54. The fraction of sp³-hybridized carbons (Fsp3) is 0.167. The van der Waals surface area contributed by atoms with Crippen LogP contribution in [0.4, 0.5) is 0 Å². The molecule has 0 fully saturated rings. The number of hydrogen-bond acceptors (Lipinski definition) is 3. The lowest BCUT2D eigenvalue weighted by Crippen LogP contribution is -2.02. The van der Waals surface area contributed by atoms with E-state index in [9.17, 15) is 4.79 Å². The molecule has 0 saturated carbocycles. The summed E-state index contributed by atoms with van der Waals surface area (Å²) in [4.78, 5) is 10.9. The lowest BCUT2D eigenvalue weighted by Gasteiger charge is -2.06. The van der Waals surface area contributed by atoms with Gasteiger partial charge in [-0.15, -0.1) is 0 Å². The largest absolute Gasteiger partial charge is 0.497 e. The number of ether oxygens (including phenoxy) is 1. The highest BCUT2D eigenvalue weighted by Crippen LogP contribution is 2.18. The van der Waals surface area contributed by atoms with Crippen LogP contribution >= 0.6 is 0 Å². The van der Waals surface area contributed by atoms with Crippen molar-refractivity contribution in [3.8, 4) is 11.4 Å². The second-order valence-corrected chi connectivity index (χ2v) is 3.56. The molecule has 17 heavy (non-hydrogen) atoms. The summed E-state index contributed by atoms with van der Waals surface area (Å²) >= 11 is 0. The summed E-state index contributed by atoms with van der Waals surface area (Å²) in [6, 6.07) is 7.29. The van der Waals surface area contributed by atoms with Crippen molar-refractivity contribution in [1.29, 1.82) is 0 Å². The molecule has 0 saturated heterocycles. The Hall–Kier alpha value is -2.30. The highest BCUT2D eigenvalue weighted by Gasteiger charge is 2.13. The summed E-state index contributed by atoms with van der Waals surface area (Å²) in [5.74, 6) is -0.272. The van der Waals surface area contributed by atoms with Crippen LogP contribution in [0.1, 0.15) is 16.1 Å². The Balaban J connectivity index is 2.49. The van der Waals surface area contributed by atoms with Gasteiger partial charge in [0.25, 0.3) is 0 Å². The summed E-state index contributed by atoms with van der Waals surface area (Å²) in [5.41, 5.74) is 1.56. The first-order chi connectivity index (χ1) is 8.13. The van der Waals surface area contributed by atoms with Gasteiger partial charge in [0.05, 0.1) is 24.7 Å². The van der Waals surface area contributed by atoms with Crippen LogP contribution in [0.3, 0.4) is 0 Å². The van der Waals surface area contributed by atoms with Crippen LogP contribution in [0.15, 0.2) is 30.5 Å². The molecule has 1 N–H and O–H groups in total. The van der Waals surface area contributed by atoms with Crippen molar-refractivity contribution in [3.63, 3.8) is 0 Å². The number of benzene rings is 1. The van der Waals surface area contributed by atoms with Gasteiger partial charge in [-0.05, 0) is 19.1 Å². The molecule has 1 aromatic carbocycles. The quantitative estimate of drug-likeness (QED) is 0.877. The van der Waals surface area contributed by atoms with E-state index >= 15 is 0 Å². The van der Waals surface area contributed by atoms with Gasteiger partial charge in [0, 0.05) is 6.07 Å². The van der Waals surface area contributed by atoms with E-state index in [-0.39, 0.29) is 5.56 Å². The second kappa shape index (κ2) is 4.29. The monoisotopic (exact) mass is 232 g/mol. The van der Waals surface area contributed by atoms with Crippen LogP contribution in [0, 0.1) is 6.92 Å². The average molecular weight is 232 g/mol. The Morgan fingerprint density at radius 3 is 2.82 bits per heavy atom. The molecule has 0 spiro atoms. The summed E-state index contributed by atoms with van der Waals surface area (Å²) < 4.78 is 6.69. The van der Waals surface area contributed by atoms with Crippen molar-refractivity contribution >= 4 is 5.97 Å². The summed E-state index contributed by atoms with van der Waals surface area (Å²) in [7, 11) is 1.58. The zero-order valence-corrected chi connectivity index (χ0v) is 9.54. The maximum atomic E-state index is 10.9. The van der Waals surface area contributed by atoms with E-state index in [1.54, 1.807) is 24.8 Å². The molecule has 5 nitrogen and oxygen atoms in total. The Morgan fingerprint density at radius 2 is 2.24 bits per heavy atom. The third kappa shape index (κ3) is 1.99. The minimum Gasteiger partial charge on any atom is -0.497 e. The molecule has 0 aliphatic heterocycles. The molecule has 0 bridgehead atoms.